The molecule has 0 fully saturated rings. The Morgan fingerprint density at radius 1 is 0.717 bits per heavy atom. The molecule has 4 aromatic heterocycles. The number of aromatic nitrogens is 8. The first-order chi connectivity index (χ1) is 27.8. The van der Waals surface area contributed by atoms with Gasteiger partial charge in [0.1, 0.15) is 14.5 Å². The van der Waals surface area contributed by atoms with Crippen LogP contribution in [-0.4, -0.2) is 76.0 Å². The van der Waals surface area contributed by atoms with Crippen molar-refractivity contribution in [2.45, 2.75) is 50.0 Å². The van der Waals surface area contributed by atoms with Crippen molar-refractivity contribution in [3.05, 3.63) is 139 Å². The van der Waals surface area contributed by atoms with Crippen molar-refractivity contribution in [2.75, 3.05) is 5.73 Å². The second-order valence-corrected chi connectivity index (χ2v) is 18.3. The number of nitrogens with one attached hydrogen (secondary N) is 2. The molecule has 6 rings (SSSR count). The maximum atomic E-state index is 12.2. The lowest BCUT2D eigenvalue weighted by molar-refractivity contribution is -0.390. The van der Waals surface area contributed by atoms with Crippen LogP contribution in [0.2, 0.25) is 0 Å². The number of anilines is 1. The third-order valence-electron chi connectivity index (χ3n) is 6.36. The minimum Gasteiger partial charge on any atom is -0.381 e. The summed E-state index contributed by atoms with van der Waals surface area (Å²) in [5, 5.41) is 51.1. The highest BCUT2D eigenvalue weighted by Gasteiger charge is 2.27. The summed E-state index contributed by atoms with van der Waals surface area (Å²) in [5.74, 6) is -0.601. The van der Waals surface area contributed by atoms with E-state index in [4.69, 9.17) is 5.73 Å². The Morgan fingerprint density at radius 3 is 1.47 bits per heavy atom. The first-order valence-electron chi connectivity index (χ1n) is 15.8. The molecular formula is C30H32Br3N13O12S2. The zero-order chi connectivity index (χ0) is 45.6. The highest BCUT2D eigenvalue weighted by atomic mass is 79.9. The van der Waals surface area contributed by atoms with Gasteiger partial charge < -0.3 is 40.9 Å². The van der Waals surface area contributed by atoms with Gasteiger partial charge in [0.25, 0.3) is 20.0 Å². The number of hydrogen-bond acceptors (Lipinski definition) is 18. The van der Waals surface area contributed by atoms with E-state index in [1.165, 1.54) is 48.9 Å². The number of nitrogen functional groups attached to an aromatic ring is 1. The van der Waals surface area contributed by atoms with Gasteiger partial charge in [-0.15, -0.1) is 20.2 Å². The summed E-state index contributed by atoms with van der Waals surface area (Å²) in [6.45, 7) is 8.99. The number of nitrogens with zero attached hydrogens (tertiary/aromatic N) is 10. The zero-order valence-electron chi connectivity index (χ0n) is 31.4. The van der Waals surface area contributed by atoms with Crippen LogP contribution in [0.5, 0.6) is 0 Å². The molecule has 6 aromatic rings. The van der Waals surface area contributed by atoms with Gasteiger partial charge in [0, 0.05) is 0 Å². The van der Waals surface area contributed by atoms with Crippen LogP contribution in [-0.2, 0) is 24.9 Å². The molecule has 0 radical (unpaired) electrons. The average Bonchev–Trinajstić information content (AvgIpc) is 3.98. The van der Waals surface area contributed by atoms with Gasteiger partial charge in [-0.2, -0.15) is 20.9 Å². The summed E-state index contributed by atoms with van der Waals surface area (Å²) in [6, 6.07) is 14.0. The number of nitrogens with two attached hydrogens (primary N) is 1. The molecular weight excluding hydrogens is 1040 g/mol. The fraction of sp³-hybridized carbons (Fsp3) is 0.200. The van der Waals surface area contributed by atoms with Gasteiger partial charge in [-0.05, 0) is 121 Å². The number of nitro groups is 3. The van der Waals surface area contributed by atoms with Gasteiger partial charge in [0.05, 0.1) is 50.2 Å². The summed E-state index contributed by atoms with van der Waals surface area (Å²) in [7, 11) is -7.58. The SMILES string of the molecule is CC(C)(C)ON=O.Cc1ccc(S(=O)(=O)n2cc(Br)c(N)n2)cc1.Cc1ccc(S(=O)(=O)n2cc(Br)c([N+](=O)[O-])n2)cc1.O=[N+]([O-])c1[nH]ncc1Br.O=[N+]([O-])c1ccn[nH]1. The largest absolute Gasteiger partial charge is 0.405 e. The topological polar surface area (TPSA) is 355 Å². The second kappa shape index (κ2) is 21.9. The highest BCUT2D eigenvalue weighted by molar-refractivity contribution is 9.11. The first kappa shape index (κ1) is 50.2. The van der Waals surface area contributed by atoms with Gasteiger partial charge >= 0.3 is 17.5 Å². The number of aromatic amines is 2. The van der Waals surface area contributed by atoms with Crippen molar-refractivity contribution in [1.29, 1.82) is 0 Å². The third kappa shape index (κ3) is 15.0. The minimum atomic E-state index is -3.92. The van der Waals surface area contributed by atoms with E-state index in [2.05, 4.69) is 88.6 Å². The summed E-state index contributed by atoms with van der Waals surface area (Å²) in [4.78, 5) is 42.4. The van der Waals surface area contributed by atoms with Crippen LogP contribution in [0, 0.1) is 49.1 Å². The van der Waals surface area contributed by atoms with Gasteiger partial charge in [0.15, 0.2) is 11.2 Å². The average molecular weight is 1070 g/mol. The number of benzene rings is 2. The van der Waals surface area contributed by atoms with Crippen LogP contribution in [0.3, 0.4) is 0 Å². The van der Waals surface area contributed by atoms with Crippen molar-refractivity contribution >= 4 is 91.1 Å². The minimum absolute atomic E-state index is 0.00758. The fourth-order valence-electron chi connectivity index (χ4n) is 3.53. The number of aryl methyl sites for hydroxylation is 2. The van der Waals surface area contributed by atoms with Crippen LogP contribution >= 0.6 is 47.8 Å². The lowest BCUT2D eigenvalue weighted by atomic mass is 10.2. The van der Waals surface area contributed by atoms with E-state index in [9.17, 15) is 52.1 Å². The molecule has 0 bridgehead atoms. The monoisotopic (exact) mass is 1070 g/mol. The van der Waals surface area contributed by atoms with E-state index in [0.717, 1.165) is 21.4 Å². The molecule has 4 N–H and O–H groups in total. The molecule has 322 valence electrons. The number of H-pyrrole nitrogens is 2. The highest BCUT2D eigenvalue weighted by Crippen LogP contribution is 2.25. The smallest absolute Gasteiger partial charge is 0.381 e. The predicted molar refractivity (Wildman–Crippen MR) is 223 cm³/mol. The van der Waals surface area contributed by atoms with E-state index >= 15 is 0 Å². The molecule has 0 saturated heterocycles. The van der Waals surface area contributed by atoms with Crippen LogP contribution in [0.1, 0.15) is 31.9 Å². The third-order valence-corrected chi connectivity index (χ3v) is 11.2. The predicted octanol–water partition coefficient (Wildman–Crippen LogP) is 6.75. The summed E-state index contributed by atoms with van der Waals surface area (Å²) >= 11 is 8.96. The van der Waals surface area contributed by atoms with Gasteiger partial charge in [-0.25, -0.2) is 0 Å². The Morgan fingerprint density at radius 2 is 1.20 bits per heavy atom. The molecule has 0 saturated carbocycles. The fourth-order valence-corrected chi connectivity index (χ4v) is 7.09. The molecule has 0 atom stereocenters. The molecule has 60 heavy (non-hydrogen) atoms. The van der Waals surface area contributed by atoms with Crippen molar-refractivity contribution in [3.8, 4) is 0 Å². The van der Waals surface area contributed by atoms with Gasteiger partial charge in [0.2, 0.25) is 0 Å². The standard InChI is InChI=1S/C10H8BrN3O4S.C10H10BrN3O2S.C4H9NO2.C3H2BrN3O2.C3H3N3O2/c1-7-2-4-8(5-3-7)19(17,18)13-6-9(11)10(12-13)14(15)16;1-7-2-4-8(5-3-7)17(15,16)14-6-9(11)10(12)13-14;1-4(2,3)7-5-6;4-2-1-5-6-3(2)7(8)9;7-6(8)3-1-2-4-5-3/h2-6H,1H3;2-6H,1H3,(H2,12,13);1-3H3;1H,(H,5,6);1-2H,(H,4,5). The first-order valence-corrected chi connectivity index (χ1v) is 21.1. The summed E-state index contributed by atoms with van der Waals surface area (Å²) in [5.41, 5.74) is 6.97. The van der Waals surface area contributed by atoms with Crippen molar-refractivity contribution in [1.82, 2.24) is 38.8 Å². The normalized spacial score (nSPS) is 10.8. The molecule has 0 unspecified atom stereocenters. The van der Waals surface area contributed by atoms with Crippen LogP contribution in [0.15, 0.2) is 108 Å². The molecule has 0 aliphatic rings. The van der Waals surface area contributed by atoms with E-state index in [1.54, 1.807) is 45.0 Å². The van der Waals surface area contributed by atoms with Crippen molar-refractivity contribution < 1.29 is 36.4 Å². The molecule has 30 heteroatoms. The van der Waals surface area contributed by atoms with E-state index in [0.29, 0.717) is 13.0 Å². The van der Waals surface area contributed by atoms with E-state index in [-0.39, 0.29) is 31.7 Å². The van der Waals surface area contributed by atoms with Gasteiger partial charge in [-0.1, -0.05) is 49.7 Å². The molecule has 4 heterocycles. The van der Waals surface area contributed by atoms with Crippen LogP contribution in [0.25, 0.3) is 0 Å². The van der Waals surface area contributed by atoms with Crippen LogP contribution in [0.4, 0.5) is 23.3 Å². The molecule has 0 aliphatic heterocycles. The van der Waals surface area contributed by atoms with Gasteiger partial charge in [-0.3, -0.25) is 0 Å². The Labute approximate surface area is 364 Å². The van der Waals surface area contributed by atoms with E-state index < -0.39 is 46.2 Å². The summed E-state index contributed by atoms with van der Waals surface area (Å²) < 4.78 is 50.9. The molecule has 0 spiro atoms. The van der Waals surface area contributed by atoms with Crippen LogP contribution < -0.4 is 5.73 Å². The molecule has 2 aromatic carbocycles. The molecule has 0 aliphatic carbocycles. The Hall–Kier alpha value is -5.98. The maximum absolute atomic E-state index is 12.2. The number of rotatable bonds is 8. The maximum Gasteiger partial charge on any atom is 0.405 e. The zero-order valence-corrected chi connectivity index (χ0v) is 37.8. The van der Waals surface area contributed by atoms with E-state index in [1.807, 2.05) is 13.8 Å². The van der Waals surface area contributed by atoms with Crippen molar-refractivity contribution in [3.63, 3.8) is 0 Å². The number of hydrogen-bond donors (Lipinski definition) is 3. The Bertz CT molecular complexity index is 2590. The lowest BCUT2D eigenvalue weighted by Crippen LogP contribution is -2.14. The summed E-state index contributed by atoms with van der Waals surface area (Å²) in [6.07, 6.45) is 5.04. The Balaban J connectivity index is 0.000000274. The molecule has 25 nitrogen and oxygen atoms in total. The van der Waals surface area contributed by atoms with Crippen molar-refractivity contribution in [2.24, 2.45) is 5.34 Å². The molecule has 0 amide bonds. The quantitative estimate of drug-likeness (QED) is 0.0805. The number of halogens is 3. The second-order valence-electron chi connectivity index (χ2n) is 12.1. The lowest BCUT2D eigenvalue weighted by Gasteiger charge is -2.11. The Kier molecular flexibility index (Phi) is 18.3.